The summed E-state index contributed by atoms with van der Waals surface area (Å²) in [7, 11) is 0. The number of hydrogen-bond acceptors (Lipinski definition) is 5. The zero-order chi connectivity index (χ0) is 21.2. The van der Waals surface area contributed by atoms with Gasteiger partial charge in [-0.25, -0.2) is 4.98 Å². The highest BCUT2D eigenvalue weighted by Crippen LogP contribution is 2.21. The summed E-state index contributed by atoms with van der Waals surface area (Å²) in [5.41, 5.74) is 2.39. The highest BCUT2D eigenvalue weighted by atomic mass is 32.1. The first-order chi connectivity index (χ1) is 14.6. The number of nitrogens with one attached hydrogen (secondary N) is 1. The van der Waals surface area contributed by atoms with Crippen LogP contribution in [0.5, 0.6) is 0 Å². The van der Waals surface area contributed by atoms with E-state index in [-0.39, 0.29) is 5.91 Å². The first kappa shape index (κ1) is 22.0. The minimum absolute atomic E-state index is 0.0859. The van der Waals surface area contributed by atoms with E-state index in [1.807, 2.05) is 36.4 Å². The van der Waals surface area contributed by atoms with Gasteiger partial charge < -0.3 is 10.2 Å². The van der Waals surface area contributed by atoms with E-state index in [0.29, 0.717) is 31.8 Å². The fraction of sp³-hybridized carbons (Fsp3) is 0.375. The standard InChI is InChI=1S/C24H30N4OS/c1-19(2)13-15-25-23(29)14-16-28(18-21-11-7-4-8-12-21)24-26-22(27-30-24)17-20-9-5-3-6-10-20/h3-12,19H,13-18H2,1-2H3,(H,25,29). The first-order valence-electron chi connectivity index (χ1n) is 10.5. The summed E-state index contributed by atoms with van der Waals surface area (Å²) in [6, 6.07) is 20.5. The molecule has 1 heterocycles. The molecule has 6 heteroatoms. The summed E-state index contributed by atoms with van der Waals surface area (Å²) in [5.74, 6) is 1.49. The Kier molecular flexibility index (Phi) is 8.39. The number of aromatic nitrogens is 2. The molecule has 3 aromatic rings. The van der Waals surface area contributed by atoms with Crippen LogP contribution >= 0.6 is 11.5 Å². The zero-order valence-electron chi connectivity index (χ0n) is 17.8. The second-order valence-electron chi connectivity index (χ2n) is 7.85. The molecule has 0 saturated heterocycles. The second-order valence-corrected chi connectivity index (χ2v) is 8.58. The van der Waals surface area contributed by atoms with Crippen molar-refractivity contribution in [1.82, 2.24) is 14.7 Å². The monoisotopic (exact) mass is 422 g/mol. The lowest BCUT2D eigenvalue weighted by Crippen LogP contribution is -2.31. The van der Waals surface area contributed by atoms with Crippen LogP contribution in [0.15, 0.2) is 60.7 Å². The number of amides is 1. The van der Waals surface area contributed by atoms with E-state index in [9.17, 15) is 4.79 Å². The Morgan fingerprint density at radius 3 is 2.37 bits per heavy atom. The predicted molar refractivity (Wildman–Crippen MR) is 124 cm³/mol. The molecule has 1 N–H and O–H groups in total. The third kappa shape index (κ3) is 7.26. The molecule has 30 heavy (non-hydrogen) atoms. The van der Waals surface area contributed by atoms with Gasteiger partial charge >= 0.3 is 0 Å². The molecule has 0 aliphatic heterocycles. The average Bonchev–Trinajstić information content (AvgIpc) is 3.20. The molecular weight excluding hydrogens is 392 g/mol. The molecule has 0 spiro atoms. The van der Waals surface area contributed by atoms with Crippen molar-refractivity contribution in [1.29, 1.82) is 0 Å². The lowest BCUT2D eigenvalue weighted by atomic mass is 10.1. The average molecular weight is 423 g/mol. The van der Waals surface area contributed by atoms with Crippen LogP contribution < -0.4 is 10.2 Å². The molecule has 3 rings (SSSR count). The topological polar surface area (TPSA) is 58.1 Å². The third-order valence-corrected chi connectivity index (χ3v) is 5.62. The highest BCUT2D eigenvalue weighted by Gasteiger charge is 2.15. The lowest BCUT2D eigenvalue weighted by Gasteiger charge is -2.21. The third-order valence-electron chi connectivity index (χ3n) is 4.80. The summed E-state index contributed by atoms with van der Waals surface area (Å²) >= 11 is 1.40. The van der Waals surface area contributed by atoms with Gasteiger partial charge in [0, 0.05) is 44.0 Å². The summed E-state index contributed by atoms with van der Waals surface area (Å²) in [4.78, 5) is 19.2. The Morgan fingerprint density at radius 2 is 1.70 bits per heavy atom. The van der Waals surface area contributed by atoms with Gasteiger partial charge in [0.05, 0.1) is 0 Å². The van der Waals surface area contributed by atoms with Gasteiger partial charge in [-0.05, 0) is 23.5 Å². The summed E-state index contributed by atoms with van der Waals surface area (Å²) in [6.07, 6.45) is 2.16. The maximum absolute atomic E-state index is 12.3. The van der Waals surface area contributed by atoms with Crippen molar-refractivity contribution in [2.75, 3.05) is 18.0 Å². The van der Waals surface area contributed by atoms with Crippen molar-refractivity contribution < 1.29 is 4.79 Å². The molecule has 1 aromatic heterocycles. The largest absolute Gasteiger partial charge is 0.356 e. The van der Waals surface area contributed by atoms with E-state index in [0.717, 1.165) is 23.9 Å². The molecule has 158 valence electrons. The van der Waals surface area contributed by atoms with Gasteiger partial charge in [-0.15, -0.1) is 0 Å². The van der Waals surface area contributed by atoms with Crippen LogP contribution in [0.2, 0.25) is 0 Å². The van der Waals surface area contributed by atoms with Gasteiger partial charge in [-0.1, -0.05) is 74.5 Å². The second kappa shape index (κ2) is 11.5. The van der Waals surface area contributed by atoms with Crippen LogP contribution in [0, 0.1) is 5.92 Å². The van der Waals surface area contributed by atoms with E-state index in [2.05, 4.69) is 52.7 Å². The van der Waals surface area contributed by atoms with Crippen LogP contribution in [0.1, 0.15) is 43.6 Å². The van der Waals surface area contributed by atoms with Crippen LogP contribution in [0.25, 0.3) is 0 Å². The van der Waals surface area contributed by atoms with Crippen LogP contribution in [-0.4, -0.2) is 28.4 Å². The molecule has 0 unspecified atom stereocenters. The molecule has 0 atom stereocenters. The van der Waals surface area contributed by atoms with Crippen molar-refractivity contribution >= 4 is 22.6 Å². The Bertz CT molecular complexity index is 896. The minimum atomic E-state index is 0.0859. The summed E-state index contributed by atoms with van der Waals surface area (Å²) < 4.78 is 4.56. The van der Waals surface area contributed by atoms with Gasteiger partial charge in [0.15, 0.2) is 0 Å². The van der Waals surface area contributed by atoms with Gasteiger partial charge in [0.25, 0.3) is 0 Å². The van der Waals surface area contributed by atoms with Gasteiger partial charge in [-0.3, -0.25) is 4.79 Å². The van der Waals surface area contributed by atoms with Crippen molar-refractivity contribution in [2.45, 2.75) is 39.7 Å². The van der Waals surface area contributed by atoms with E-state index in [4.69, 9.17) is 4.98 Å². The number of benzene rings is 2. The fourth-order valence-electron chi connectivity index (χ4n) is 3.09. The number of nitrogens with zero attached hydrogens (tertiary/aromatic N) is 3. The Hall–Kier alpha value is -2.73. The Balaban J connectivity index is 1.64. The number of anilines is 1. The normalized spacial score (nSPS) is 10.9. The highest BCUT2D eigenvalue weighted by molar-refractivity contribution is 7.09. The quantitative estimate of drug-likeness (QED) is 0.487. The smallest absolute Gasteiger partial charge is 0.221 e. The number of rotatable bonds is 11. The molecule has 1 amide bonds. The van der Waals surface area contributed by atoms with E-state index in [1.54, 1.807) is 0 Å². The maximum atomic E-state index is 12.3. The molecular formula is C24H30N4OS. The summed E-state index contributed by atoms with van der Waals surface area (Å²) in [6.45, 7) is 6.38. The zero-order valence-corrected chi connectivity index (χ0v) is 18.6. The fourth-order valence-corrected chi connectivity index (χ4v) is 3.80. The van der Waals surface area contributed by atoms with Crippen LogP contribution in [0.3, 0.4) is 0 Å². The Morgan fingerprint density at radius 1 is 1.03 bits per heavy atom. The van der Waals surface area contributed by atoms with Crippen molar-refractivity contribution in [3.05, 3.63) is 77.6 Å². The maximum Gasteiger partial charge on any atom is 0.221 e. The summed E-state index contributed by atoms with van der Waals surface area (Å²) in [5, 5.41) is 3.89. The van der Waals surface area contributed by atoms with E-state index >= 15 is 0 Å². The molecule has 0 bridgehead atoms. The molecule has 0 fully saturated rings. The molecule has 0 aliphatic rings. The van der Waals surface area contributed by atoms with Crippen molar-refractivity contribution in [2.24, 2.45) is 5.92 Å². The number of carbonyl (C=O) groups is 1. The van der Waals surface area contributed by atoms with Crippen LogP contribution in [0.4, 0.5) is 5.13 Å². The first-order valence-corrected chi connectivity index (χ1v) is 11.3. The molecule has 5 nitrogen and oxygen atoms in total. The number of carbonyl (C=O) groups excluding carboxylic acids is 1. The number of hydrogen-bond donors (Lipinski definition) is 1. The molecule has 0 radical (unpaired) electrons. The Labute approximate surface area is 183 Å². The molecule has 2 aromatic carbocycles. The van der Waals surface area contributed by atoms with Gasteiger partial charge in [0.1, 0.15) is 5.82 Å². The van der Waals surface area contributed by atoms with E-state index < -0.39 is 0 Å². The van der Waals surface area contributed by atoms with Gasteiger partial charge in [-0.2, -0.15) is 4.37 Å². The minimum Gasteiger partial charge on any atom is -0.356 e. The van der Waals surface area contributed by atoms with E-state index in [1.165, 1.54) is 22.7 Å². The van der Waals surface area contributed by atoms with Crippen molar-refractivity contribution in [3.63, 3.8) is 0 Å². The lowest BCUT2D eigenvalue weighted by molar-refractivity contribution is -0.120. The predicted octanol–water partition coefficient (Wildman–Crippen LogP) is 4.69. The van der Waals surface area contributed by atoms with Crippen LogP contribution in [-0.2, 0) is 17.8 Å². The van der Waals surface area contributed by atoms with Crippen molar-refractivity contribution in [3.8, 4) is 0 Å². The molecule has 0 saturated carbocycles. The van der Waals surface area contributed by atoms with Gasteiger partial charge in [0.2, 0.25) is 11.0 Å². The molecule has 0 aliphatic carbocycles. The SMILES string of the molecule is CC(C)CCNC(=O)CCN(Cc1ccccc1)c1nc(Cc2ccccc2)ns1.